The Labute approximate surface area is 150 Å². The van der Waals surface area contributed by atoms with Crippen LogP contribution in [0, 0.1) is 0 Å². The van der Waals surface area contributed by atoms with E-state index in [9.17, 15) is 0 Å². The molecule has 0 saturated carbocycles. The fraction of sp³-hybridized carbons (Fsp3) is 0.0952. The van der Waals surface area contributed by atoms with Crippen LogP contribution in [0.2, 0.25) is 0 Å². The highest BCUT2D eigenvalue weighted by molar-refractivity contribution is 7.19. The van der Waals surface area contributed by atoms with Crippen LogP contribution in [0.15, 0.2) is 54.6 Å². The van der Waals surface area contributed by atoms with Crippen LogP contribution in [-0.4, -0.2) is 19.2 Å². The Morgan fingerprint density at radius 2 is 1.72 bits per heavy atom. The lowest BCUT2D eigenvalue weighted by atomic mass is 10.1. The summed E-state index contributed by atoms with van der Waals surface area (Å²) in [7, 11) is 3.28. The molecule has 0 unspecified atom stereocenters. The summed E-state index contributed by atoms with van der Waals surface area (Å²) in [6.45, 7) is 0. The number of aromatic nitrogens is 1. The summed E-state index contributed by atoms with van der Waals surface area (Å²) in [5.41, 5.74) is 2.11. The fourth-order valence-corrected chi connectivity index (χ4v) is 3.76. The van der Waals surface area contributed by atoms with Crippen molar-refractivity contribution in [3.8, 4) is 11.5 Å². The molecular weight excluding hydrogens is 330 g/mol. The van der Waals surface area contributed by atoms with Gasteiger partial charge in [-0.1, -0.05) is 42.5 Å². The minimum Gasteiger partial charge on any atom is -0.493 e. The van der Waals surface area contributed by atoms with Crippen LogP contribution in [0.1, 0.15) is 10.6 Å². The molecule has 0 bridgehead atoms. The Morgan fingerprint density at radius 1 is 0.880 bits per heavy atom. The number of thiazole rings is 1. The Balaban J connectivity index is 1.71. The van der Waals surface area contributed by atoms with Crippen molar-refractivity contribution in [1.29, 1.82) is 0 Å². The monoisotopic (exact) mass is 347 g/mol. The molecule has 0 N–H and O–H groups in total. The Kier molecular flexibility index (Phi) is 4.12. The lowest BCUT2D eigenvalue weighted by molar-refractivity contribution is 0.355. The highest BCUT2D eigenvalue weighted by Gasteiger charge is 2.06. The third-order valence-electron chi connectivity index (χ3n) is 4.13. The van der Waals surface area contributed by atoms with Gasteiger partial charge in [-0.2, -0.15) is 0 Å². The van der Waals surface area contributed by atoms with Gasteiger partial charge in [0, 0.05) is 5.39 Å². The average Bonchev–Trinajstić information content (AvgIpc) is 3.09. The van der Waals surface area contributed by atoms with Crippen LogP contribution in [0.5, 0.6) is 11.5 Å². The number of hydrogen-bond acceptors (Lipinski definition) is 4. The van der Waals surface area contributed by atoms with Gasteiger partial charge >= 0.3 is 0 Å². The van der Waals surface area contributed by atoms with E-state index in [1.165, 1.54) is 15.5 Å². The van der Waals surface area contributed by atoms with Crippen molar-refractivity contribution in [3.05, 3.63) is 65.2 Å². The van der Waals surface area contributed by atoms with Crippen molar-refractivity contribution in [2.24, 2.45) is 0 Å². The molecule has 1 aromatic heterocycles. The van der Waals surface area contributed by atoms with Gasteiger partial charge in [0.1, 0.15) is 5.01 Å². The predicted octanol–water partition coefficient (Wildman–Crippen LogP) is 5.64. The summed E-state index contributed by atoms with van der Waals surface area (Å²) < 4.78 is 11.8. The minimum atomic E-state index is 0.722. The molecule has 3 aromatic carbocycles. The molecule has 3 nitrogen and oxygen atoms in total. The van der Waals surface area contributed by atoms with E-state index in [1.807, 2.05) is 30.4 Å². The van der Waals surface area contributed by atoms with Crippen molar-refractivity contribution >= 4 is 44.5 Å². The molecule has 0 radical (unpaired) electrons. The summed E-state index contributed by atoms with van der Waals surface area (Å²) in [6.07, 6.45) is 4.09. The summed E-state index contributed by atoms with van der Waals surface area (Å²) >= 11 is 1.70. The summed E-state index contributed by atoms with van der Waals surface area (Å²) in [5.74, 6) is 1.45. The minimum absolute atomic E-state index is 0.722. The maximum absolute atomic E-state index is 5.35. The van der Waals surface area contributed by atoms with E-state index in [-0.39, 0.29) is 0 Å². The Bertz CT molecular complexity index is 1080. The standard InChI is InChI=1S/C21H17NO2S/c1-23-17-10-7-14(13-18(17)24-2)8-12-20-22-21-16-6-4-3-5-15(16)9-11-19(21)25-20/h3-13H,1-2H3. The van der Waals surface area contributed by atoms with E-state index in [0.717, 1.165) is 27.6 Å². The third kappa shape index (κ3) is 2.96. The molecule has 0 fully saturated rings. The highest BCUT2D eigenvalue weighted by atomic mass is 32.1. The van der Waals surface area contributed by atoms with Crippen LogP contribution in [0.3, 0.4) is 0 Å². The number of methoxy groups -OCH3 is 2. The summed E-state index contributed by atoms with van der Waals surface area (Å²) in [4.78, 5) is 4.81. The molecule has 25 heavy (non-hydrogen) atoms. The zero-order chi connectivity index (χ0) is 17.2. The van der Waals surface area contributed by atoms with Crippen LogP contribution >= 0.6 is 11.3 Å². The van der Waals surface area contributed by atoms with Crippen molar-refractivity contribution in [1.82, 2.24) is 4.98 Å². The van der Waals surface area contributed by atoms with Gasteiger partial charge in [-0.25, -0.2) is 4.98 Å². The van der Waals surface area contributed by atoms with Crippen LogP contribution in [0.4, 0.5) is 0 Å². The first-order valence-electron chi connectivity index (χ1n) is 7.97. The Morgan fingerprint density at radius 3 is 2.56 bits per heavy atom. The van der Waals surface area contributed by atoms with Crippen molar-refractivity contribution in [2.45, 2.75) is 0 Å². The quantitative estimate of drug-likeness (QED) is 0.479. The van der Waals surface area contributed by atoms with Gasteiger partial charge in [0.05, 0.1) is 24.4 Å². The van der Waals surface area contributed by atoms with Gasteiger partial charge in [0.15, 0.2) is 11.5 Å². The smallest absolute Gasteiger partial charge is 0.161 e. The largest absolute Gasteiger partial charge is 0.493 e. The molecule has 4 rings (SSSR count). The molecule has 0 aliphatic rings. The number of fused-ring (bicyclic) bond motifs is 3. The van der Waals surface area contributed by atoms with Crippen molar-refractivity contribution in [3.63, 3.8) is 0 Å². The highest BCUT2D eigenvalue weighted by Crippen LogP contribution is 2.31. The van der Waals surface area contributed by atoms with E-state index >= 15 is 0 Å². The lowest BCUT2D eigenvalue weighted by Gasteiger charge is -2.07. The molecule has 1 heterocycles. The predicted molar refractivity (Wildman–Crippen MR) is 106 cm³/mol. The van der Waals surface area contributed by atoms with Gasteiger partial charge in [-0.3, -0.25) is 0 Å². The number of nitrogens with zero attached hydrogens (tertiary/aromatic N) is 1. The molecular formula is C21H17NO2S. The second-order valence-electron chi connectivity index (χ2n) is 5.63. The van der Waals surface area contributed by atoms with Gasteiger partial charge in [-0.15, -0.1) is 11.3 Å². The molecule has 124 valence electrons. The van der Waals surface area contributed by atoms with Crippen LogP contribution < -0.4 is 9.47 Å². The van der Waals surface area contributed by atoms with Crippen molar-refractivity contribution < 1.29 is 9.47 Å². The first-order chi connectivity index (χ1) is 12.3. The van der Waals surface area contributed by atoms with Gasteiger partial charge in [-0.05, 0) is 35.2 Å². The third-order valence-corrected chi connectivity index (χ3v) is 5.11. The van der Waals surface area contributed by atoms with E-state index in [2.05, 4.69) is 36.4 Å². The first kappa shape index (κ1) is 15.7. The summed E-state index contributed by atoms with van der Waals surface area (Å²) in [5, 5.41) is 3.40. The van der Waals surface area contributed by atoms with E-state index in [4.69, 9.17) is 14.5 Å². The topological polar surface area (TPSA) is 31.4 Å². The molecule has 0 aliphatic carbocycles. The SMILES string of the molecule is COc1ccc(C=Cc2nc3c(ccc4ccccc43)s2)cc1OC. The molecule has 0 spiro atoms. The lowest BCUT2D eigenvalue weighted by Crippen LogP contribution is -1.90. The number of hydrogen-bond donors (Lipinski definition) is 0. The molecule has 0 saturated heterocycles. The average molecular weight is 347 g/mol. The molecule has 4 heteroatoms. The van der Waals surface area contributed by atoms with Gasteiger partial charge < -0.3 is 9.47 Å². The second-order valence-corrected chi connectivity index (χ2v) is 6.70. The van der Waals surface area contributed by atoms with E-state index in [1.54, 1.807) is 25.6 Å². The fourth-order valence-electron chi connectivity index (χ4n) is 2.87. The molecule has 0 amide bonds. The van der Waals surface area contributed by atoms with E-state index in [0.29, 0.717) is 0 Å². The van der Waals surface area contributed by atoms with Crippen LogP contribution in [0.25, 0.3) is 33.1 Å². The number of ether oxygens (including phenoxy) is 2. The van der Waals surface area contributed by atoms with Gasteiger partial charge in [0.2, 0.25) is 0 Å². The maximum atomic E-state index is 5.35. The number of benzene rings is 3. The second kappa shape index (κ2) is 6.57. The molecule has 0 atom stereocenters. The zero-order valence-electron chi connectivity index (χ0n) is 14.0. The van der Waals surface area contributed by atoms with Crippen molar-refractivity contribution in [2.75, 3.05) is 14.2 Å². The number of rotatable bonds is 4. The molecule has 4 aromatic rings. The first-order valence-corrected chi connectivity index (χ1v) is 8.78. The van der Waals surface area contributed by atoms with Crippen LogP contribution in [-0.2, 0) is 0 Å². The van der Waals surface area contributed by atoms with E-state index < -0.39 is 0 Å². The zero-order valence-corrected chi connectivity index (χ0v) is 14.8. The molecule has 0 aliphatic heterocycles. The summed E-state index contributed by atoms with van der Waals surface area (Å²) in [6, 6.07) is 18.5. The normalized spacial score (nSPS) is 11.4. The maximum Gasteiger partial charge on any atom is 0.161 e. The van der Waals surface area contributed by atoms with Gasteiger partial charge in [0.25, 0.3) is 0 Å². The Hall–Kier alpha value is -2.85.